The second-order valence-electron chi connectivity index (χ2n) is 12.2. The predicted octanol–water partition coefficient (Wildman–Crippen LogP) is 9.82. The van der Waals surface area contributed by atoms with E-state index in [4.69, 9.17) is 19.9 Å². The lowest BCUT2D eigenvalue weighted by Crippen LogP contribution is -2.09. The van der Waals surface area contributed by atoms with Crippen molar-refractivity contribution in [2.45, 2.75) is 27.7 Å². The van der Waals surface area contributed by atoms with E-state index in [0.717, 1.165) is 21.5 Å². The Morgan fingerprint density at radius 1 is 0.360 bits per heavy atom. The van der Waals surface area contributed by atoms with Gasteiger partial charge in [-0.25, -0.2) is 0 Å². The van der Waals surface area contributed by atoms with Gasteiger partial charge in [0.05, 0.1) is 56.0 Å². The van der Waals surface area contributed by atoms with Crippen LogP contribution in [0.15, 0.2) is 133 Å². The van der Waals surface area contributed by atoms with E-state index in [-0.39, 0.29) is 11.6 Å². The van der Waals surface area contributed by atoms with Crippen molar-refractivity contribution in [2.75, 3.05) is 0 Å². The van der Waals surface area contributed by atoms with Gasteiger partial charge in [-0.3, -0.25) is 29.5 Å². The molecule has 7 aromatic rings. The van der Waals surface area contributed by atoms with E-state index < -0.39 is 0 Å². The molecule has 0 spiro atoms. The van der Waals surface area contributed by atoms with Crippen molar-refractivity contribution in [3.8, 4) is 0 Å². The van der Waals surface area contributed by atoms with Crippen LogP contribution in [-0.2, 0) is 0 Å². The van der Waals surface area contributed by atoms with Gasteiger partial charge in [-0.2, -0.15) is 0 Å². The molecular weight excluding hydrogens is 617 g/mol. The van der Waals surface area contributed by atoms with Gasteiger partial charge in [-0.15, -0.1) is 0 Å². The Balaban J connectivity index is 1.59. The molecule has 0 aliphatic heterocycles. The summed E-state index contributed by atoms with van der Waals surface area (Å²) in [5.41, 5.74) is 6.14. The number of aromatic nitrogens is 4. The summed E-state index contributed by atoms with van der Waals surface area (Å²) in [6.07, 6.45) is 0. The largest absolute Gasteiger partial charge is 0.288 e. The van der Waals surface area contributed by atoms with Crippen molar-refractivity contribution in [1.29, 1.82) is 0 Å². The summed E-state index contributed by atoms with van der Waals surface area (Å²) in [6, 6.07) is 42.1. The lowest BCUT2D eigenvalue weighted by atomic mass is 9.96. The molecule has 50 heavy (non-hydrogen) atoms. The van der Waals surface area contributed by atoms with Crippen molar-refractivity contribution in [3.05, 3.63) is 178 Å². The highest BCUT2D eigenvalue weighted by molar-refractivity contribution is 6.18. The molecule has 0 radical (unpaired) electrons. The number of para-hydroxylation sites is 4. The number of aryl methyl sites for hydroxylation is 4. The molecule has 7 rings (SSSR count). The molecule has 6 aromatic carbocycles. The van der Waals surface area contributed by atoms with Gasteiger partial charge in [0.25, 0.3) is 0 Å². The lowest BCUT2D eigenvalue weighted by molar-refractivity contribution is 0.103. The van der Waals surface area contributed by atoms with Crippen LogP contribution >= 0.6 is 0 Å². The first-order valence-electron chi connectivity index (χ1n) is 16.5. The van der Waals surface area contributed by atoms with E-state index >= 15 is 0 Å². The number of fused-ring (bicyclic) bond motifs is 4. The molecule has 6 nitrogen and oxygen atoms in total. The van der Waals surface area contributed by atoms with Crippen LogP contribution in [0.25, 0.3) is 43.6 Å². The van der Waals surface area contributed by atoms with Crippen LogP contribution in [0.2, 0.25) is 0 Å². The number of carbonyl (C=O) groups is 2. The number of hydrogen-bond acceptors (Lipinski definition) is 6. The van der Waals surface area contributed by atoms with E-state index in [1.54, 1.807) is 0 Å². The molecule has 1 heterocycles. The summed E-state index contributed by atoms with van der Waals surface area (Å²) in [4.78, 5) is 49.2. The minimum atomic E-state index is -0.179. The molecule has 0 saturated carbocycles. The summed E-state index contributed by atoms with van der Waals surface area (Å²) >= 11 is 0. The van der Waals surface area contributed by atoms with Crippen molar-refractivity contribution in [3.63, 3.8) is 0 Å². The lowest BCUT2D eigenvalue weighted by Gasteiger charge is -2.10. The molecule has 0 aliphatic carbocycles. The maximum Gasteiger partial charge on any atom is 0.197 e. The van der Waals surface area contributed by atoms with Crippen LogP contribution < -0.4 is 0 Å². The molecule has 0 saturated heterocycles. The maximum absolute atomic E-state index is 14.6. The molecule has 0 amide bonds. The fraction of sp³-hybridized carbons (Fsp3) is 0.0909. The third-order valence-electron chi connectivity index (χ3n) is 8.89. The van der Waals surface area contributed by atoms with Gasteiger partial charge in [0, 0.05) is 11.1 Å². The molecule has 242 valence electrons. The Kier molecular flexibility index (Phi) is 8.75. The Morgan fingerprint density at radius 3 is 0.980 bits per heavy atom. The third kappa shape index (κ3) is 6.15. The molecule has 1 aromatic heterocycles. The Morgan fingerprint density at radius 2 is 0.640 bits per heavy atom. The van der Waals surface area contributed by atoms with E-state index in [2.05, 4.69) is 0 Å². The first-order valence-corrected chi connectivity index (χ1v) is 16.5. The SMILES string of the molecule is Cc1nc2ccccc2nc(C)c(C(=O)c2cccc3ccccc23)c(C)nc2ccccc2nc(C)c1C(=O)c1cccc2ccccc12. The third-order valence-corrected chi connectivity index (χ3v) is 8.89. The number of benzene rings is 6. The fourth-order valence-corrected chi connectivity index (χ4v) is 6.55. The Bertz CT molecular complexity index is 2360. The number of rotatable bonds is 4. The topological polar surface area (TPSA) is 85.7 Å². The van der Waals surface area contributed by atoms with Crippen molar-refractivity contribution in [2.24, 2.45) is 0 Å². The number of hydrogen-bond donors (Lipinski definition) is 0. The molecule has 0 bridgehead atoms. The van der Waals surface area contributed by atoms with Gasteiger partial charge in [0.15, 0.2) is 11.6 Å². The van der Waals surface area contributed by atoms with E-state index in [1.165, 1.54) is 0 Å². The number of nitrogens with zero attached hydrogens (tertiary/aromatic N) is 4. The standard InChI is InChI=1S/C44H34N4O2/c1-27-41(43(49)35-21-13-17-31-15-5-7-19-33(31)35)28(2)46-39-25-11-12-26-40(39)48-30(4)42(29(3)47-38-24-10-9-23-37(38)45-27)44(50)36-22-14-18-32-16-6-8-20-34(32)36/h5-26H,1-4H3. The summed E-state index contributed by atoms with van der Waals surface area (Å²) in [6.45, 7) is 7.30. The van der Waals surface area contributed by atoms with Crippen LogP contribution in [-0.4, -0.2) is 31.5 Å². The zero-order valence-electron chi connectivity index (χ0n) is 28.3. The molecule has 0 N–H and O–H groups in total. The molecule has 0 aliphatic rings. The van der Waals surface area contributed by atoms with E-state index in [1.807, 2.05) is 161 Å². The van der Waals surface area contributed by atoms with Gasteiger partial charge < -0.3 is 0 Å². The molecule has 0 atom stereocenters. The molecular formula is C44H34N4O2. The summed E-state index contributed by atoms with van der Waals surface area (Å²) in [5.74, 6) is -0.357. The second-order valence-corrected chi connectivity index (χ2v) is 12.2. The highest BCUT2D eigenvalue weighted by Crippen LogP contribution is 2.26. The molecule has 6 heteroatoms. The summed E-state index contributed by atoms with van der Waals surface area (Å²) in [7, 11) is 0. The highest BCUT2D eigenvalue weighted by atomic mass is 16.1. The second kappa shape index (κ2) is 13.6. The minimum Gasteiger partial charge on any atom is -0.288 e. The van der Waals surface area contributed by atoms with Crippen LogP contribution in [0.5, 0.6) is 0 Å². The fourth-order valence-electron chi connectivity index (χ4n) is 6.55. The van der Waals surface area contributed by atoms with Crippen LogP contribution in [0.3, 0.4) is 0 Å². The quantitative estimate of drug-likeness (QED) is 0.176. The summed E-state index contributed by atoms with van der Waals surface area (Å²) < 4.78 is 0. The Hall–Kier alpha value is -6.40. The maximum atomic E-state index is 14.6. The van der Waals surface area contributed by atoms with Crippen molar-refractivity contribution in [1.82, 2.24) is 19.9 Å². The average Bonchev–Trinajstić information content (AvgIpc) is 3.12. The number of ketones is 2. The van der Waals surface area contributed by atoms with Crippen LogP contribution in [0.1, 0.15) is 54.6 Å². The number of carbonyl (C=O) groups excluding carboxylic acids is 2. The zero-order valence-corrected chi connectivity index (χ0v) is 28.3. The minimum absolute atomic E-state index is 0.179. The zero-order chi connectivity index (χ0) is 34.8. The van der Waals surface area contributed by atoms with E-state index in [9.17, 15) is 9.59 Å². The van der Waals surface area contributed by atoms with Gasteiger partial charge in [0.2, 0.25) is 0 Å². The van der Waals surface area contributed by atoms with Crippen LogP contribution in [0, 0.1) is 27.7 Å². The van der Waals surface area contributed by atoms with Gasteiger partial charge in [-0.1, -0.05) is 109 Å². The summed E-state index contributed by atoms with van der Waals surface area (Å²) in [5, 5.41) is 3.65. The first kappa shape index (κ1) is 32.2. The molecule has 0 fully saturated rings. The average molecular weight is 651 g/mol. The first-order chi connectivity index (χ1) is 24.3. The van der Waals surface area contributed by atoms with Crippen molar-refractivity contribution < 1.29 is 9.59 Å². The van der Waals surface area contributed by atoms with Gasteiger partial charge in [-0.05, 0) is 73.5 Å². The van der Waals surface area contributed by atoms with Gasteiger partial charge >= 0.3 is 0 Å². The van der Waals surface area contributed by atoms with Crippen LogP contribution in [0.4, 0.5) is 0 Å². The normalized spacial score (nSPS) is 11.0. The van der Waals surface area contributed by atoms with Gasteiger partial charge in [0.1, 0.15) is 0 Å². The van der Waals surface area contributed by atoms with Crippen molar-refractivity contribution >= 4 is 55.2 Å². The van der Waals surface area contributed by atoms with E-state index in [0.29, 0.717) is 67.1 Å². The smallest absolute Gasteiger partial charge is 0.197 e. The predicted molar refractivity (Wildman–Crippen MR) is 202 cm³/mol. The Labute approximate surface area is 290 Å². The monoisotopic (exact) mass is 650 g/mol. The molecule has 0 unspecified atom stereocenters. The highest BCUT2D eigenvalue weighted by Gasteiger charge is 2.20.